The van der Waals surface area contributed by atoms with E-state index in [2.05, 4.69) is 34.0 Å². The van der Waals surface area contributed by atoms with E-state index in [1.807, 2.05) is 35.8 Å². The van der Waals surface area contributed by atoms with Crippen LogP contribution in [0.1, 0.15) is 41.8 Å². The van der Waals surface area contributed by atoms with Gasteiger partial charge in [-0.05, 0) is 45.0 Å². The number of ketones is 1. The molecule has 3 aromatic rings. The Morgan fingerprint density at radius 1 is 1.26 bits per heavy atom. The summed E-state index contributed by atoms with van der Waals surface area (Å²) in [6.45, 7) is 6.05. The van der Waals surface area contributed by atoms with E-state index in [0.717, 1.165) is 17.1 Å². The van der Waals surface area contributed by atoms with Gasteiger partial charge in [-0.1, -0.05) is 6.07 Å². The second-order valence-electron chi connectivity index (χ2n) is 5.82. The van der Waals surface area contributed by atoms with Gasteiger partial charge in [0.2, 0.25) is 0 Å². The average Bonchev–Trinajstić information content (AvgIpc) is 3.16. The topological polar surface area (TPSA) is 76.5 Å². The summed E-state index contributed by atoms with van der Waals surface area (Å²) in [6, 6.07) is 9.57. The zero-order valence-corrected chi connectivity index (χ0v) is 13.4. The van der Waals surface area contributed by atoms with Crippen molar-refractivity contribution < 1.29 is 4.79 Å². The number of nitrogens with zero attached hydrogens (tertiary/aromatic N) is 4. The summed E-state index contributed by atoms with van der Waals surface area (Å²) in [7, 11) is 0. The van der Waals surface area contributed by atoms with Crippen LogP contribution in [0.5, 0.6) is 0 Å². The number of nitrogens with one attached hydrogen (secondary N) is 1. The maximum atomic E-state index is 12.3. The molecule has 0 aromatic carbocycles. The molecule has 23 heavy (non-hydrogen) atoms. The summed E-state index contributed by atoms with van der Waals surface area (Å²) in [6.07, 6.45) is 1.95. The summed E-state index contributed by atoms with van der Waals surface area (Å²) >= 11 is 0. The Balaban J connectivity index is 1.85. The first-order valence-electron chi connectivity index (χ1n) is 7.59. The van der Waals surface area contributed by atoms with Crippen LogP contribution in [-0.2, 0) is 6.42 Å². The molecule has 0 amide bonds. The normalized spacial score (nSPS) is 11.1. The van der Waals surface area contributed by atoms with Crippen LogP contribution in [0.15, 0.2) is 36.7 Å². The molecule has 3 heterocycles. The van der Waals surface area contributed by atoms with Crippen LogP contribution in [0.4, 0.5) is 0 Å². The van der Waals surface area contributed by atoms with Crippen molar-refractivity contribution in [2.75, 3.05) is 0 Å². The largest absolute Gasteiger partial charge is 0.356 e. The second kappa shape index (κ2) is 6.16. The molecule has 0 radical (unpaired) electrons. The average molecular weight is 309 g/mol. The van der Waals surface area contributed by atoms with Crippen LogP contribution in [0.2, 0.25) is 0 Å². The van der Waals surface area contributed by atoms with Gasteiger partial charge in [-0.25, -0.2) is 4.98 Å². The Hall–Kier alpha value is -2.76. The molecule has 0 aliphatic rings. The molecule has 0 unspecified atom stereocenters. The Morgan fingerprint density at radius 3 is 2.78 bits per heavy atom. The van der Waals surface area contributed by atoms with E-state index in [4.69, 9.17) is 0 Å². The van der Waals surface area contributed by atoms with Gasteiger partial charge in [-0.2, -0.15) is 0 Å². The van der Waals surface area contributed by atoms with Crippen molar-refractivity contribution in [3.05, 3.63) is 53.7 Å². The fraction of sp³-hybridized carbons (Fsp3) is 0.294. The summed E-state index contributed by atoms with van der Waals surface area (Å²) in [5, 5.41) is 8.11. The van der Waals surface area contributed by atoms with Gasteiger partial charge in [0.05, 0.1) is 12.1 Å². The Labute approximate surface area is 134 Å². The van der Waals surface area contributed by atoms with Crippen molar-refractivity contribution in [2.24, 2.45) is 0 Å². The third-order valence-electron chi connectivity index (χ3n) is 3.64. The number of hydrogen-bond donors (Lipinski definition) is 1. The van der Waals surface area contributed by atoms with Crippen LogP contribution in [-0.4, -0.2) is 30.5 Å². The predicted molar refractivity (Wildman–Crippen MR) is 87.2 cm³/mol. The van der Waals surface area contributed by atoms with Crippen molar-refractivity contribution in [3.8, 4) is 11.5 Å². The molecule has 0 aliphatic heterocycles. The molecule has 6 heteroatoms. The number of aryl methyl sites for hydroxylation is 1. The zero-order chi connectivity index (χ0) is 16.4. The maximum Gasteiger partial charge on any atom is 0.184 e. The van der Waals surface area contributed by atoms with Gasteiger partial charge in [0, 0.05) is 17.4 Å². The van der Waals surface area contributed by atoms with E-state index in [9.17, 15) is 4.79 Å². The molecule has 0 saturated carbocycles. The number of aromatic amines is 1. The number of H-pyrrole nitrogens is 1. The number of rotatable bonds is 5. The summed E-state index contributed by atoms with van der Waals surface area (Å²) in [5.41, 5.74) is 3.03. The highest BCUT2D eigenvalue weighted by Gasteiger charge is 2.14. The number of aromatic nitrogens is 5. The third-order valence-corrected chi connectivity index (χ3v) is 3.64. The zero-order valence-electron chi connectivity index (χ0n) is 13.4. The number of hydrogen-bond acceptors (Lipinski definition) is 4. The third kappa shape index (κ3) is 3.21. The molecule has 6 nitrogen and oxygen atoms in total. The molecular formula is C17H19N5O. The first kappa shape index (κ1) is 15.1. The van der Waals surface area contributed by atoms with Crippen molar-refractivity contribution in [1.82, 2.24) is 24.7 Å². The van der Waals surface area contributed by atoms with Crippen molar-refractivity contribution in [1.29, 1.82) is 0 Å². The SMILES string of the molecule is Cc1ccc(C(=O)Cc2cccc(-c3nncn3C(C)C)n2)[nH]1. The minimum Gasteiger partial charge on any atom is -0.356 e. The van der Waals surface area contributed by atoms with Crippen LogP contribution in [0.25, 0.3) is 11.5 Å². The van der Waals surface area contributed by atoms with Gasteiger partial charge in [0.1, 0.15) is 12.0 Å². The molecule has 1 N–H and O–H groups in total. The number of pyridine rings is 1. The first-order valence-corrected chi connectivity index (χ1v) is 7.59. The molecule has 0 bridgehead atoms. The minimum absolute atomic E-state index is 0.0214. The molecular weight excluding hydrogens is 290 g/mol. The predicted octanol–water partition coefficient (Wildman–Crippen LogP) is 2.98. The molecule has 0 spiro atoms. The fourth-order valence-electron chi connectivity index (χ4n) is 2.43. The Bertz CT molecular complexity index is 831. The lowest BCUT2D eigenvalue weighted by Crippen LogP contribution is -2.07. The van der Waals surface area contributed by atoms with E-state index in [1.54, 1.807) is 12.4 Å². The molecule has 0 aliphatic carbocycles. The summed E-state index contributed by atoms with van der Waals surface area (Å²) < 4.78 is 1.96. The molecule has 0 fully saturated rings. The van der Waals surface area contributed by atoms with Crippen LogP contribution in [0, 0.1) is 6.92 Å². The number of carbonyl (C=O) groups is 1. The van der Waals surface area contributed by atoms with Gasteiger partial charge >= 0.3 is 0 Å². The highest BCUT2D eigenvalue weighted by molar-refractivity contribution is 5.95. The standard InChI is InChI=1S/C17H19N5O/c1-11(2)22-10-18-21-17(22)15-6-4-5-13(20-15)9-16(23)14-8-7-12(3)19-14/h4-8,10-11,19H,9H2,1-3H3. The van der Waals surface area contributed by atoms with Gasteiger partial charge in [-0.15, -0.1) is 10.2 Å². The molecule has 118 valence electrons. The molecule has 3 rings (SSSR count). The van der Waals surface area contributed by atoms with E-state index >= 15 is 0 Å². The lowest BCUT2D eigenvalue weighted by molar-refractivity contribution is 0.0987. The van der Waals surface area contributed by atoms with Gasteiger partial charge in [0.15, 0.2) is 11.6 Å². The maximum absolute atomic E-state index is 12.3. The van der Waals surface area contributed by atoms with E-state index in [0.29, 0.717) is 11.5 Å². The smallest absolute Gasteiger partial charge is 0.184 e. The Kier molecular flexibility index (Phi) is 4.06. The second-order valence-corrected chi connectivity index (χ2v) is 5.82. The van der Waals surface area contributed by atoms with Crippen molar-refractivity contribution >= 4 is 5.78 Å². The van der Waals surface area contributed by atoms with Crippen molar-refractivity contribution in [2.45, 2.75) is 33.2 Å². The van der Waals surface area contributed by atoms with E-state index in [-0.39, 0.29) is 18.2 Å². The van der Waals surface area contributed by atoms with Crippen LogP contribution < -0.4 is 0 Å². The molecule has 3 aromatic heterocycles. The monoisotopic (exact) mass is 309 g/mol. The highest BCUT2D eigenvalue weighted by atomic mass is 16.1. The molecule has 0 atom stereocenters. The van der Waals surface area contributed by atoms with Gasteiger partial charge in [-0.3, -0.25) is 4.79 Å². The van der Waals surface area contributed by atoms with Gasteiger partial charge < -0.3 is 9.55 Å². The van der Waals surface area contributed by atoms with E-state index < -0.39 is 0 Å². The number of Topliss-reactive ketones (excluding diaryl/α,β-unsaturated/α-hetero) is 1. The minimum atomic E-state index is 0.0214. The van der Waals surface area contributed by atoms with Crippen molar-refractivity contribution in [3.63, 3.8) is 0 Å². The quantitative estimate of drug-likeness (QED) is 0.735. The van der Waals surface area contributed by atoms with Crippen LogP contribution in [0.3, 0.4) is 0 Å². The summed E-state index contributed by atoms with van der Waals surface area (Å²) in [5.74, 6) is 0.734. The number of carbonyl (C=O) groups excluding carboxylic acids is 1. The first-order chi connectivity index (χ1) is 11.0. The van der Waals surface area contributed by atoms with Gasteiger partial charge in [0.25, 0.3) is 0 Å². The highest BCUT2D eigenvalue weighted by Crippen LogP contribution is 2.18. The van der Waals surface area contributed by atoms with Crippen LogP contribution >= 0.6 is 0 Å². The lowest BCUT2D eigenvalue weighted by Gasteiger charge is -2.10. The lowest BCUT2D eigenvalue weighted by atomic mass is 10.1. The molecule has 0 saturated heterocycles. The summed E-state index contributed by atoms with van der Waals surface area (Å²) in [4.78, 5) is 19.9. The van der Waals surface area contributed by atoms with E-state index in [1.165, 1.54) is 0 Å². The fourth-order valence-corrected chi connectivity index (χ4v) is 2.43. The Morgan fingerprint density at radius 2 is 2.09 bits per heavy atom.